The van der Waals surface area contributed by atoms with Gasteiger partial charge in [0.25, 0.3) is 0 Å². The third kappa shape index (κ3) is 4.15. The van der Waals surface area contributed by atoms with Crippen molar-refractivity contribution in [2.45, 2.75) is 33.1 Å². The van der Waals surface area contributed by atoms with Crippen molar-refractivity contribution in [3.05, 3.63) is 45.8 Å². The summed E-state index contributed by atoms with van der Waals surface area (Å²) in [5.74, 6) is 1.28. The van der Waals surface area contributed by atoms with E-state index in [0.29, 0.717) is 34.6 Å². The van der Waals surface area contributed by atoms with E-state index in [-0.39, 0.29) is 18.7 Å². The van der Waals surface area contributed by atoms with Gasteiger partial charge in [0, 0.05) is 11.0 Å². The monoisotopic (exact) mass is 413 g/mol. The largest absolute Gasteiger partial charge is 0.462 e. The number of anilines is 1. The number of amides is 1. The van der Waals surface area contributed by atoms with Crippen molar-refractivity contribution >= 4 is 34.3 Å². The van der Waals surface area contributed by atoms with Crippen molar-refractivity contribution in [1.82, 2.24) is 0 Å². The summed E-state index contributed by atoms with van der Waals surface area (Å²) in [4.78, 5) is 26.2. The maximum atomic E-state index is 12.5. The first-order valence-electron chi connectivity index (χ1n) is 9.75. The smallest absolute Gasteiger partial charge is 0.341 e. The molecule has 1 aromatic heterocycles. The summed E-state index contributed by atoms with van der Waals surface area (Å²) in [6.45, 7) is 4.50. The number of rotatable bonds is 5. The maximum Gasteiger partial charge on any atom is 0.341 e. The Bertz CT molecular complexity index is 978. The van der Waals surface area contributed by atoms with Crippen LogP contribution in [0.4, 0.5) is 5.00 Å². The van der Waals surface area contributed by atoms with E-state index in [1.165, 1.54) is 22.3 Å². The van der Waals surface area contributed by atoms with Crippen molar-refractivity contribution < 1.29 is 23.8 Å². The number of thiophene rings is 1. The van der Waals surface area contributed by atoms with Gasteiger partial charge in [-0.1, -0.05) is 13.0 Å². The molecule has 1 amide bonds. The van der Waals surface area contributed by atoms with Crippen LogP contribution >= 0.6 is 11.3 Å². The lowest BCUT2D eigenvalue weighted by atomic mass is 9.88. The molecule has 1 N–H and O–H groups in total. The minimum absolute atomic E-state index is 0.210. The summed E-state index contributed by atoms with van der Waals surface area (Å²) in [5.41, 5.74) is 2.37. The van der Waals surface area contributed by atoms with Crippen LogP contribution in [0.3, 0.4) is 0 Å². The number of ether oxygens (including phenoxy) is 3. The van der Waals surface area contributed by atoms with Crippen LogP contribution < -0.4 is 14.8 Å². The van der Waals surface area contributed by atoms with Crippen LogP contribution in [0.25, 0.3) is 6.08 Å². The third-order valence-electron chi connectivity index (χ3n) is 5.05. The molecular formula is C22H23NO5S. The number of fused-ring (bicyclic) bond motifs is 2. The molecular weight excluding hydrogens is 390 g/mol. The zero-order valence-corrected chi connectivity index (χ0v) is 17.3. The molecule has 0 spiro atoms. The highest BCUT2D eigenvalue weighted by atomic mass is 32.1. The van der Waals surface area contributed by atoms with Gasteiger partial charge in [0.05, 0.1) is 12.2 Å². The lowest BCUT2D eigenvalue weighted by molar-refractivity contribution is -0.111. The summed E-state index contributed by atoms with van der Waals surface area (Å²) in [6.07, 6.45) is 5.96. The number of esters is 1. The second-order valence-corrected chi connectivity index (χ2v) is 8.32. The fourth-order valence-electron chi connectivity index (χ4n) is 3.60. The molecule has 0 saturated carbocycles. The molecule has 0 bridgehead atoms. The van der Waals surface area contributed by atoms with Crippen LogP contribution in [0.2, 0.25) is 0 Å². The molecule has 6 nitrogen and oxygen atoms in total. The second-order valence-electron chi connectivity index (χ2n) is 7.21. The first kappa shape index (κ1) is 19.5. The topological polar surface area (TPSA) is 73.9 Å². The Hall–Kier alpha value is -2.80. The Labute approximate surface area is 173 Å². The summed E-state index contributed by atoms with van der Waals surface area (Å²) >= 11 is 1.48. The average Bonchev–Trinajstić information content (AvgIpc) is 3.29. The molecule has 7 heteroatoms. The molecule has 29 heavy (non-hydrogen) atoms. The first-order valence-corrected chi connectivity index (χ1v) is 10.6. The van der Waals surface area contributed by atoms with Gasteiger partial charge < -0.3 is 19.5 Å². The predicted molar refractivity (Wildman–Crippen MR) is 112 cm³/mol. The number of benzene rings is 1. The molecule has 152 valence electrons. The molecule has 0 radical (unpaired) electrons. The Morgan fingerprint density at radius 2 is 2.14 bits per heavy atom. The van der Waals surface area contributed by atoms with Gasteiger partial charge in [-0.15, -0.1) is 11.3 Å². The number of hydrogen-bond donors (Lipinski definition) is 1. The van der Waals surface area contributed by atoms with Crippen LogP contribution in [0, 0.1) is 5.92 Å². The van der Waals surface area contributed by atoms with Gasteiger partial charge in [0.1, 0.15) is 5.00 Å². The Balaban J connectivity index is 1.53. The van der Waals surface area contributed by atoms with E-state index in [1.807, 2.05) is 18.2 Å². The third-order valence-corrected chi connectivity index (χ3v) is 6.22. The van der Waals surface area contributed by atoms with E-state index in [9.17, 15) is 9.59 Å². The van der Waals surface area contributed by atoms with Crippen molar-refractivity contribution in [3.63, 3.8) is 0 Å². The Kier molecular flexibility index (Phi) is 5.58. The number of nitrogens with one attached hydrogen (secondary N) is 1. The van der Waals surface area contributed by atoms with Crippen molar-refractivity contribution in [2.24, 2.45) is 5.92 Å². The molecule has 1 aliphatic heterocycles. The van der Waals surface area contributed by atoms with Crippen molar-refractivity contribution in [2.75, 3.05) is 18.7 Å². The van der Waals surface area contributed by atoms with Crippen molar-refractivity contribution in [3.8, 4) is 11.5 Å². The zero-order chi connectivity index (χ0) is 20.4. The first-order chi connectivity index (χ1) is 14.0. The van der Waals surface area contributed by atoms with Gasteiger partial charge in [-0.3, -0.25) is 4.79 Å². The molecule has 1 aliphatic carbocycles. The molecule has 1 unspecified atom stereocenters. The highest BCUT2D eigenvalue weighted by Gasteiger charge is 2.28. The quantitative estimate of drug-likeness (QED) is 0.580. The van der Waals surface area contributed by atoms with Gasteiger partial charge in [0.15, 0.2) is 11.5 Å². The Morgan fingerprint density at radius 3 is 2.97 bits per heavy atom. The van der Waals surface area contributed by atoms with Gasteiger partial charge in [-0.05, 0) is 61.4 Å². The lowest BCUT2D eigenvalue weighted by Crippen LogP contribution is -2.15. The van der Waals surface area contributed by atoms with Gasteiger partial charge in [-0.2, -0.15) is 0 Å². The minimum atomic E-state index is -0.366. The normalized spacial score (nSPS) is 17.2. The van der Waals surface area contributed by atoms with Crippen LogP contribution in [0.1, 0.15) is 46.6 Å². The van der Waals surface area contributed by atoms with Crippen LogP contribution in [-0.2, 0) is 22.4 Å². The lowest BCUT2D eigenvalue weighted by Gasteiger charge is -2.18. The van der Waals surface area contributed by atoms with Gasteiger partial charge in [-0.25, -0.2) is 4.79 Å². The summed E-state index contributed by atoms with van der Waals surface area (Å²) in [5, 5.41) is 3.45. The van der Waals surface area contributed by atoms with Gasteiger partial charge >= 0.3 is 5.97 Å². The maximum absolute atomic E-state index is 12.5. The standard InChI is InChI=1S/C22H23NO5S/c1-3-26-22(25)20-15-7-4-13(2)10-18(15)29-21(20)23-19(24)9-6-14-5-8-16-17(11-14)28-12-27-16/h5-6,8-9,11,13H,3-4,7,10,12H2,1-2H3,(H,23,24). The molecule has 4 rings (SSSR count). The summed E-state index contributed by atoms with van der Waals surface area (Å²) in [6, 6.07) is 5.49. The van der Waals surface area contributed by atoms with Crippen LogP contribution in [0.15, 0.2) is 24.3 Å². The number of carbonyl (C=O) groups is 2. The fourth-order valence-corrected chi connectivity index (χ4v) is 5.00. The molecule has 1 atom stereocenters. The molecule has 2 aliphatic rings. The number of hydrogen-bond acceptors (Lipinski definition) is 6. The SMILES string of the molecule is CCOC(=O)c1c(NC(=O)C=Cc2ccc3c(c2)OCO3)sc2c1CCC(C)C2. The molecule has 0 fully saturated rings. The van der Waals surface area contributed by atoms with E-state index < -0.39 is 0 Å². The molecule has 0 saturated heterocycles. The number of carbonyl (C=O) groups excluding carboxylic acids is 2. The molecule has 2 heterocycles. The highest BCUT2D eigenvalue weighted by molar-refractivity contribution is 7.17. The van der Waals surface area contributed by atoms with E-state index in [2.05, 4.69) is 12.2 Å². The fraction of sp³-hybridized carbons (Fsp3) is 0.364. The minimum Gasteiger partial charge on any atom is -0.462 e. The van der Waals surface area contributed by atoms with E-state index >= 15 is 0 Å². The highest BCUT2D eigenvalue weighted by Crippen LogP contribution is 2.40. The zero-order valence-electron chi connectivity index (χ0n) is 16.4. The average molecular weight is 413 g/mol. The molecule has 1 aromatic carbocycles. The van der Waals surface area contributed by atoms with Crippen LogP contribution in [0.5, 0.6) is 11.5 Å². The van der Waals surface area contributed by atoms with Crippen LogP contribution in [-0.4, -0.2) is 25.3 Å². The van der Waals surface area contributed by atoms with E-state index in [0.717, 1.165) is 30.4 Å². The van der Waals surface area contributed by atoms with Gasteiger partial charge in [0.2, 0.25) is 12.7 Å². The second kappa shape index (κ2) is 8.29. The van der Waals surface area contributed by atoms with Crippen molar-refractivity contribution in [1.29, 1.82) is 0 Å². The predicted octanol–water partition coefficient (Wildman–Crippen LogP) is 4.43. The molecule has 2 aromatic rings. The Morgan fingerprint density at radius 1 is 1.31 bits per heavy atom. The summed E-state index contributed by atoms with van der Waals surface area (Å²) in [7, 11) is 0. The summed E-state index contributed by atoms with van der Waals surface area (Å²) < 4.78 is 15.9. The van der Waals surface area contributed by atoms with E-state index in [1.54, 1.807) is 13.0 Å². The van der Waals surface area contributed by atoms with E-state index in [4.69, 9.17) is 14.2 Å².